The zero-order chi connectivity index (χ0) is 31.6. The second-order valence-electron chi connectivity index (χ2n) is 13.4. The lowest BCUT2D eigenvalue weighted by Gasteiger charge is -2.37. The SMILES string of the molecule is COc1cc(F)c(OC2CCC(C)(C(=O)OC(C)(C)C)CC2)cc1C(=O)N[C@@H]1[C@H](C(=O)OCc2ccccc2)[C@H]2C=C[C@@H]1C2. The highest BCUT2D eigenvalue weighted by molar-refractivity contribution is 5.98. The molecule has 0 spiro atoms. The summed E-state index contributed by atoms with van der Waals surface area (Å²) in [6.07, 6.45) is 6.61. The van der Waals surface area contributed by atoms with E-state index < -0.39 is 34.7 Å². The van der Waals surface area contributed by atoms with Crippen LogP contribution in [0.4, 0.5) is 4.39 Å². The lowest BCUT2D eigenvalue weighted by atomic mass is 9.74. The number of amides is 1. The Balaban J connectivity index is 1.26. The fraction of sp³-hybridized carbons (Fsp3) is 0.514. The zero-order valence-corrected chi connectivity index (χ0v) is 26.1. The van der Waals surface area contributed by atoms with E-state index in [4.69, 9.17) is 18.9 Å². The van der Waals surface area contributed by atoms with Crippen molar-refractivity contribution in [2.24, 2.45) is 23.2 Å². The third-order valence-corrected chi connectivity index (χ3v) is 8.97. The van der Waals surface area contributed by atoms with Crippen molar-refractivity contribution in [3.05, 3.63) is 71.6 Å². The smallest absolute Gasteiger partial charge is 0.312 e. The number of carbonyl (C=O) groups excluding carboxylic acids is 3. The Labute approximate surface area is 258 Å². The number of esters is 2. The van der Waals surface area contributed by atoms with E-state index in [2.05, 4.69) is 5.32 Å². The monoisotopic (exact) mass is 607 g/mol. The van der Waals surface area contributed by atoms with E-state index in [-0.39, 0.29) is 53.5 Å². The van der Waals surface area contributed by atoms with Crippen LogP contribution in [0.3, 0.4) is 0 Å². The number of hydrogen-bond donors (Lipinski definition) is 1. The Morgan fingerprint density at radius 2 is 1.68 bits per heavy atom. The number of methoxy groups -OCH3 is 1. The molecule has 3 aliphatic carbocycles. The topological polar surface area (TPSA) is 100 Å². The van der Waals surface area contributed by atoms with Gasteiger partial charge in [0.15, 0.2) is 11.6 Å². The molecular formula is C35H42FNO7. The quantitative estimate of drug-likeness (QED) is 0.269. The highest BCUT2D eigenvalue weighted by Gasteiger charge is 2.50. The van der Waals surface area contributed by atoms with Gasteiger partial charge in [-0.2, -0.15) is 0 Å². The molecule has 0 aromatic heterocycles. The Morgan fingerprint density at radius 1 is 1.00 bits per heavy atom. The van der Waals surface area contributed by atoms with Gasteiger partial charge in [-0.15, -0.1) is 0 Å². The highest BCUT2D eigenvalue weighted by Crippen LogP contribution is 2.45. The van der Waals surface area contributed by atoms with E-state index in [0.717, 1.165) is 18.1 Å². The average Bonchev–Trinajstić information content (AvgIpc) is 3.59. The van der Waals surface area contributed by atoms with Crippen LogP contribution in [-0.4, -0.2) is 42.7 Å². The van der Waals surface area contributed by atoms with Crippen molar-refractivity contribution in [1.82, 2.24) is 5.32 Å². The van der Waals surface area contributed by atoms with E-state index in [9.17, 15) is 14.4 Å². The number of rotatable bonds is 9. The molecule has 1 amide bonds. The predicted molar refractivity (Wildman–Crippen MR) is 162 cm³/mol. The van der Waals surface area contributed by atoms with E-state index in [1.165, 1.54) is 13.2 Å². The van der Waals surface area contributed by atoms with Crippen LogP contribution in [0, 0.1) is 29.0 Å². The van der Waals surface area contributed by atoms with E-state index in [1.54, 1.807) is 0 Å². The van der Waals surface area contributed by atoms with Crippen molar-refractivity contribution in [2.45, 2.75) is 84.2 Å². The average molecular weight is 608 g/mol. The summed E-state index contributed by atoms with van der Waals surface area (Å²) in [6.45, 7) is 7.57. The molecule has 2 aromatic carbocycles. The van der Waals surface area contributed by atoms with Crippen LogP contribution >= 0.6 is 0 Å². The van der Waals surface area contributed by atoms with Crippen LogP contribution in [0.2, 0.25) is 0 Å². The summed E-state index contributed by atoms with van der Waals surface area (Å²) >= 11 is 0. The van der Waals surface area contributed by atoms with Crippen molar-refractivity contribution in [1.29, 1.82) is 0 Å². The molecule has 0 saturated heterocycles. The van der Waals surface area contributed by atoms with E-state index in [0.29, 0.717) is 25.7 Å². The molecule has 2 aromatic rings. The van der Waals surface area contributed by atoms with Gasteiger partial charge in [0.05, 0.1) is 30.1 Å². The van der Waals surface area contributed by atoms with Gasteiger partial charge in [0.1, 0.15) is 18.0 Å². The van der Waals surface area contributed by atoms with E-state index in [1.807, 2.05) is 70.2 Å². The molecule has 2 fully saturated rings. The van der Waals surface area contributed by atoms with Gasteiger partial charge in [-0.1, -0.05) is 42.5 Å². The molecule has 4 atom stereocenters. The van der Waals surface area contributed by atoms with Gasteiger partial charge in [-0.25, -0.2) is 4.39 Å². The minimum absolute atomic E-state index is 0.0121. The molecule has 9 heteroatoms. The lowest BCUT2D eigenvalue weighted by molar-refractivity contribution is -0.169. The maximum absolute atomic E-state index is 15.1. The highest BCUT2D eigenvalue weighted by atomic mass is 19.1. The number of ether oxygens (including phenoxy) is 4. The van der Waals surface area contributed by atoms with E-state index >= 15 is 4.39 Å². The summed E-state index contributed by atoms with van der Waals surface area (Å²) in [6, 6.07) is 11.5. The number of fused-ring (bicyclic) bond motifs is 2. The second-order valence-corrected chi connectivity index (χ2v) is 13.4. The first kappa shape index (κ1) is 31.5. The van der Waals surface area contributed by atoms with Crippen molar-refractivity contribution < 1.29 is 37.7 Å². The molecule has 236 valence electrons. The van der Waals surface area contributed by atoms with Gasteiger partial charge in [-0.3, -0.25) is 14.4 Å². The molecular weight excluding hydrogens is 565 g/mol. The summed E-state index contributed by atoms with van der Waals surface area (Å²) in [5.74, 6) is -2.30. The molecule has 1 N–H and O–H groups in total. The zero-order valence-electron chi connectivity index (χ0n) is 26.1. The standard InChI is InChI=1S/C35H42FNO7/c1-34(2,3)44-33(40)35(4)15-13-24(14-16-35)43-28-18-25(27(41-5)19-26(28)36)31(38)37-30-23-12-11-22(17-23)29(30)32(39)42-20-21-9-7-6-8-10-21/h6-12,18-19,22-24,29-30H,13-17,20H2,1-5H3,(H,37,38)/t22-,23+,24?,29+,30-,35?/m0/s1. The van der Waals surface area contributed by atoms with Gasteiger partial charge in [0.25, 0.3) is 5.91 Å². The normalized spacial score (nSPS) is 27.5. The summed E-state index contributed by atoms with van der Waals surface area (Å²) < 4.78 is 37.8. The molecule has 5 rings (SSSR count). The number of hydrogen-bond acceptors (Lipinski definition) is 7. The Morgan fingerprint density at radius 3 is 2.34 bits per heavy atom. The fourth-order valence-electron chi connectivity index (χ4n) is 6.50. The number of allylic oxidation sites excluding steroid dienone is 1. The van der Waals surface area contributed by atoms with Crippen LogP contribution in [0.25, 0.3) is 0 Å². The molecule has 3 aliphatic rings. The van der Waals surface area contributed by atoms with Crippen molar-refractivity contribution in [3.63, 3.8) is 0 Å². The van der Waals surface area contributed by atoms with Gasteiger partial charge < -0.3 is 24.3 Å². The maximum Gasteiger partial charge on any atom is 0.312 e. The Hall–Kier alpha value is -3.88. The molecule has 0 unspecified atom stereocenters. The lowest BCUT2D eigenvalue weighted by Crippen LogP contribution is -2.46. The summed E-state index contributed by atoms with van der Waals surface area (Å²) in [5, 5.41) is 3.02. The van der Waals surface area contributed by atoms with Gasteiger partial charge in [0.2, 0.25) is 0 Å². The molecule has 2 bridgehead atoms. The fourth-order valence-corrected chi connectivity index (χ4v) is 6.50. The maximum atomic E-state index is 15.1. The molecule has 0 aliphatic heterocycles. The third-order valence-electron chi connectivity index (χ3n) is 8.97. The summed E-state index contributed by atoms with van der Waals surface area (Å²) in [7, 11) is 1.37. The molecule has 0 heterocycles. The Bertz CT molecular complexity index is 1410. The van der Waals surface area contributed by atoms with Crippen molar-refractivity contribution in [3.8, 4) is 11.5 Å². The molecule has 0 radical (unpaired) electrons. The van der Waals surface area contributed by atoms with Crippen LogP contribution in [0.1, 0.15) is 75.7 Å². The molecule has 8 nitrogen and oxygen atoms in total. The largest absolute Gasteiger partial charge is 0.496 e. The van der Waals surface area contributed by atoms with Crippen LogP contribution in [0.5, 0.6) is 11.5 Å². The first-order valence-electron chi connectivity index (χ1n) is 15.3. The van der Waals surface area contributed by atoms with Crippen LogP contribution < -0.4 is 14.8 Å². The van der Waals surface area contributed by atoms with Crippen molar-refractivity contribution >= 4 is 17.8 Å². The molecule has 44 heavy (non-hydrogen) atoms. The van der Waals surface area contributed by atoms with Crippen LogP contribution in [-0.2, 0) is 25.7 Å². The summed E-state index contributed by atoms with van der Waals surface area (Å²) in [5.41, 5.74) is -0.213. The number of halogens is 1. The van der Waals surface area contributed by atoms with Gasteiger partial charge in [-0.05, 0) is 83.3 Å². The predicted octanol–water partition coefficient (Wildman–Crippen LogP) is 6.17. The first-order valence-corrected chi connectivity index (χ1v) is 15.3. The minimum atomic E-state index is -0.649. The minimum Gasteiger partial charge on any atom is -0.496 e. The number of nitrogens with one attached hydrogen (secondary N) is 1. The first-order chi connectivity index (χ1) is 20.9. The number of benzene rings is 2. The Kier molecular flexibility index (Phi) is 9.05. The summed E-state index contributed by atoms with van der Waals surface area (Å²) in [4.78, 5) is 39.6. The van der Waals surface area contributed by atoms with Crippen molar-refractivity contribution in [2.75, 3.05) is 7.11 Å². The molecule has 2 saturated carbocycles. The third kappa shape index (κ3) is 6.92. The number of carbonyl (C=O) groups is 3. The van der Waals surface area contributed by atoms with Gasteiger partial charge >= 0.3 is 11.9 Å². The second kappa shape index (κ2) is 12.6. The van der Waals surface area contributed by atoms with Gasteiger partial charge in [0, 0.05) is 12.1 Å². The van der Waals surface area contributed by atoms with Crippen LogP contribution in [0.15, 0.2) is 54.6 Å².